The summed E-state index contributed by atoms with van der Waals surface area (Å²) in [5, 5.41) is 16.2. The van der Waals surface area contributed by atoms with Crippen molar-refractivity contribution < 1.29 is 9.90 Å². The van der Waals surface area contributed by atoms with Gasteiger partial charge in [0, 0.05) is 19.0 Å². The van der Waals surface area contributed by atoms with E-state index in [1.807, 2.05) is 7.05 Å². The van der Waals surface area contributed by atoms with E-state index in [0.717, 1.165) is 25.2 Å². The Balaban J connectivity index is 1.99. The molecule has 1 fully saturated rings. The van der Waals surface area contributed by atoms with E-state index in [0.29, 0.717) is 0 Å². The Morgan fingerprint density at radius 2 is 2.56 bits per heavy atom. The molecule has 16 heavy (non-hydrogen) atoms. The molecule has 0 bridgehead atoms. The van der Waals surface area contributed by atoms with Crippen molar-refractivity contribution in [2.75, 3.05) is 6.54 Å². The maximum absolute atomic E-state index is 10.6. The molecule has 1 aliphatic rings. The lowest BCUT2D eigenvalue weighted by atomic mass is 9.90. The number of piperidine rings is 1. The van der Waals surface area contributed by atoms with E-state index >= 15 is 0 Å². The average molecular weight is 224 g/mol. The first kappa shape index (κ1) is 11.1. The Morgan fingerprint density at radius 1 is 1.75 bits per heavy atom. The number of hydrogen-bond acceptors (Lipinski definition) is 4. The molecule has 6 nitrogen and oxygen atoms in total. The molecule has 1 saturated heterocycles. The molecule has 2 N–H and O–H groups in total. The van der Waals surface area contributed by atoms with Gasteiger partial charge in [0.1, 0.15) is 6.33 Å². The number of nitrogens with one attached hydrogen (secondary N) is 1. The first-order valence-electron chi connectivity index (χ1n) is 5.46. The van der Waals surface area contributed by atoms with E-state index in [4.69, 9.17) is 5.11 Å². The second kappa shape index (κ2) is 4.61. The van der Waals surface area contributed by atoms with Gasteiger partial charge in [0.05, 0.1) is 6.42 Å². The maximum atomic E-state index is 10.6. The SMILES string of the molecule is Cn1cnc(C2CCNC(CC(=O)O)C2)n1. The van der Waals surface area contributed by atoms with Crippen molar-refractivity contribution in [3.63, 3.8) is 0 Å². The highest BCUT2D eigenvalue weighted by atomic mass is 16.4. The second-order valence-electron chi connectivity index (χ2n) is 4.25. The summed E-state index contributed by atoms with van der Waals surface area (Å²) in [6.07, 6.45) is 3.63. The van der Waals surface area contributed by atoms with Crippen molar-refractivity contribution in [1.82, 2.24) is 20.1 Å². The molecule has 1 aliphatic heterocycles. The summed E-state index contributed by atoms with van der Waals surface area (Å²) < 4.78 is 1.68. The molecule has 0 aliphatic carbocycles. The van der Waals surface area contributed by atoms with Crippen LogP contribution in [0.4, 0.5) is 0 Å². The first-order valence-corrected chi connectivity index (χ1v) is 5.46. The lowest BCUT2D eigenvalue weighted by molar-refractivity contribution is -0.137. The van der Waals surface area contributed by atoms with Gasteiger partial charge in [0.2, 0.25) is 0 Å². The van der Waals surface area contributed by atoms with Crippen LogP contribution >= 0.6 is 0 Å². The predicted molar refractivity (Wildman–Crippen MR) is 57.0 cm³/mol. The molecular weight excluding hydrogens is 208 g/mol. The third-order valence-electron chi connectivity index (χ3n) is 2.90. The van der Waals surface area contributed by atoms with Crippen molar-refractivity contribution in [2.45, 2.75) is 31.2 Å². The van der Waals surface area contributed by atoms with E-state index in [1.54, 1.807) is 11.0 Å². The molecule has 2 atom stereocenters. The number of carboxylic acids is 1. The number of aliphatic carboxylic acids is 1. The van der Waals surface area contributed by atoms with E-state index < -0.39 is 5.97 Å². The van der Waals surface area contributed by atoms with Crippen LogP contribution in [0.3, 0.4) is 0 Å². The molecular formula is C10H16N4O2. The van der Waals surface area contributed by atoms with Gasteiger partial charge in [-0.15, -0.1) is 0 Å². The van der Waals surface area contributed by atoms with Crippen LogP contribution < -0.4 is 5.32 Å². The summed E-state index contributed by atoms with van der Waals surface area (Å²) >= 11 is 0. The zero-order chi connectivity index (χ0) is 11.5. The molecule has 0 aromatic carbocycles. The number of rotatable bonds is 3. The molecule has 6 heteroatoms. The Morgan fingerprint density at radius 3 is 3.19 bits per heavy atom. The average Bonchev–Trinajstić information content (AvgIpc) is 2.64. The van der Waals surface area contributed by atoms with Crippen molar-refractivity contribution in [3.05, 3.63) is 12.2 Å². The smallest absolute Gasteiger partial charge is 0.304 e. The van der Waals surface area contributed by atoms with Crippen LogP contribution in [-0.2, 0) is 11.8 Å². The van der Waals surface area contributed by atoms with Gasteiger partial charge in [0.25, 0.3) is 0 Å². The Kier molecular flexibility index (Phi) is 3.19. The van der Waals surface area contributed by atoms with Crippen molar-refractivity contribution in [1.29, 1.82) is 0 Å². The molecule has 2 heterocycles. The molecule has 1 aromatic heterocycles. The monoisotopic (exact) mass is 224 g/mol. The van der Waals surface area contributed by atoms with Crippen LogP contribution in [0.25, 0.3) is 0 Å². The topological polar surface area (TPSA) is 80.0 Å². The summed E-state index contributed by atoms with van der Waals surface area (Å²) in [5.41, 5.74) is 0. The molecule has 2 rings (SSSR count). The van der Waals surface area contributed by atoms with Gasteiger partial charge < -0.3 is 10.4 Å². The fraction of sp³-hybridized carbons (Fsp3) is 0.700. The Labute approximate surface area is 93.7 Å². The fourth-order valence-corrected chi connectivity index (χ4v) is 2.15. The number of nitrogens with zero attached hydrogens (tertiary/aromatic N) is 3. The summed E-state index contributed by atoms with van der Waals surface area (Å²) in [5.74, 6) is 0.360. The van der Waals surface area contributed by atoms with Gasteiger partial charge >= 0.3 is 5.97 Å². The van der Waals surface area contributed by atoms with Gasteiger partial charge in [-0.05, 0) is 19.4 Å². The molecule has 0 radical (unpaired) electrons. The zero-order valence-electron chi connectivity index (χ0n) is 9.26. The number of carboxylic acid groups (broad SMARTS) is 1. The predicted octanol–water partition coefficient (Wildman–Crippen LogP) is 0.125. The summed E-state index contributed by atoms with van der Waals surface area (Å²) in [7, 11) is 1.84. The van der Waals surface area contributed by atoms with E-state index in [1.165, 1.54) is 0 Å². The van der Waals surface area contributed by atoms with Crippen molar-refractivity contribution in [3.8, 4) is 0 Å². The summed E-state index contributed by atoms with van der Waals surface area (Å²) in [6, 6.07) is 0.0417. The van der Waals surface area contributed by atoms with E-state index in [-0.39, 0.29) is 18.4 Å². The minimum absolute atomic E-state index is 0.0417. The minimum Gasteiger partial charge on any atom is -0.481 e. The number of aryl methyl sites for hydroxylation is 1. The van der Waals surface area contributed by atoms with Crippen LogP contribution in [0, 0.1) is 0 Å². The molecule has 0 saturated carbocycles. The zero-order valence-corrected chi connectivity index (χ0v) is 9.26. The fourth-order valence-electron chi connectivity index (χ4n) is 2.15. The molecule has 88 valence electrons. The Bertz CT molecular complexity index is 377. The van der Waals surface area contributed by atoms with Crippen LogP contribution in [0.5, 0.6) is 0 Å². The van der Waals surface area contributed by atoms with Crippen LogP contribution in [0.15, 0.2) is 6.33 Å². The van der Waals surface area contributed by atoms with E-state index in [2.05, 4.69) is 15.4 Å². The third kappa shape index (κ3) is 2.57. The first-order chi connectivity index (χ1) is 7.65. The highest BCUT2D eigenvalue weighted by molar-refractivity contribution is 5.67. The second-order valence-corrected chi connectivity index (χ2v) is 4.25. The van der Waals surface area contributed by atoms with Gasteiger partial charge in [0.15, 0.2) is 5.82 Å². The molecule has 0 amide bonds. The maximum Gasteiger partial charge on any atom is 0.304 e. The van der Waals surface area contributed by atoms with Crippen LogP contribution in [-0.4, -0.2) is 38.4 Å². The van der Waals surface area contributed by atoms with Gasteiger partial charge in [-0.3, -0.25) is 9.48 Å². The largest absolute Gasteiger partial charge is 0.481 e. The number of hydrogen-bond donors (Lipinski definition) is 2. The normalized spacial score (nSPS) is 25.6. The molecule has 0 spiro atoms. The van der Waals surface area contributed by atoms with E-state index in [9.17, 15) is 4.79 Å². The van der Waals surface area contributed by atoms with Gasteiger partial charge in [-0.2, -0.15) is 5.10 Å². The standard InChI is InChI=1S/C10H16N4O2/c1-14-6-12-10(13-14)7-2-3-11-8(4-7)5-9(15)16/h6-8,11H,2-5H2,1H3,(H,15,16). The minimum atomic E-state index is -0.757. The van der Waals surface area contributed by atoms with Crippen LogP contribution in [0.2, 0.25) is 0 Å². The third-order valence-corrected chi connectivity index (χ3v) is 2.90. The highest BCUT2D eigenvalue weighted by Gasteiger charge is 2.26. The van der Waals surface area contributed by atoms with Gasteiger partial charge in [-0.25, -0.2) is 4.98 Å². The molecule has 2 unspecified atom stereocenters. The lowest BCUT2D eigenvalue weighted by Gasteiger charge is -2.27. The quantitative estimate of drug-likeness (QED) is 0.762. The van der Waals surface area contributed by atoms with Crippen LogP contribution in [0.1, 0.15) is 31.0 Å². The van der Waals surface area contributed by atoms with Crippen molar-refractivity contribution >= 4 is 5.97 Å². The lowest BCUT2D eigenvalue weighted by Crippen LogP contribution is -2.39. The Hall–Kier alpha value is -1.43. The van der Waals surface area contributed by atoms with Gasteiger partial charge in [-0.1, -0.05) is 0 Å². The summed E-state index contributed by atoms with van der Waals surface area (Å²) in [4.78, 5) is 14.9. The highest BCUT2D eigenvalue weighted by Crippen LogP contribution is 2.25. The number of carbonyl (C=O) groups is 1. The van der Waals surface area contributed by atoms with Crippen molar-refractivity contribution in [2.24, 2.45) is 7.05 Å². The number of aromatic nitrogens is 3. The summed E-state index contributed by atoms with van der Waals surface area (Å²) in [6.45, 7) is 0.834. The molecule has 1 aromatic rings.